The van der Waals surface area contributed by atoms with Gasteiger partial charge in [0.25, 0.3) is 5.56 Å². The molecule has 0 aliphatic heterocycles. The lowest BCUT2D eigenvalue weighted by molar-refractivity contribution is 0.278. The minimum absolute atomic E-state index is 0.00782. The molecule has 0 aliphatic rings. The Morgan fingerprint density at radius 1 is 1.47 bits per heavy atom. The first-order chi connectivity index (χ1) is 7.24. The Morgan fingerprint density at radius 3 is 3.00 bits per heavy atom. The van der Waals surface area contributed by atoms with Crippen LogP contribution < -0.4 is 5.56 Å². The molecule has 0 saturated heterocycles. The summed E-state index contributed by atoms with van der Waals surface area (Å²) in [5.74, 6) is 0. The number of hydrogen-bond acceptors (Lipinski definition) is 2. The molecule has 0 aliphatic carbocycles. The number of nitrogens with zero attached hydrogens (tertiary/aromatic N) is 2. The first-order valence-electron chi connectivity index (χ1n) is 5.02. The number of aliphatic hydroxyl groups is 1. The van der Waals surface area contributed by atoms with Gasteiger partial charge in [-0.1, -0.05) is 0 Å². The van der Waals surface area contributed by atoms with Crippen LogP contribution in [0.4, 0.5) is 0 Å². The average molecular weight is 206 g/mol. The van der Waals surface area contributed by atoms with Gasteiger partial charge >= 0.3 is 0 Å². The highest BCUT2D eigenvalue weighted by Gasteiger charge is 2.05. The van der Waals surface area contributed by atoms with Gasteiger partial charge in [0.1, 0.15) is 5.52 Å². The third-order valence-electron chi connectivity index (χ3n) is 2.53. The molecule has 0 amide bonds. The van der Waals surface area contributed by atoms with Crippen molar-refractivity contribution in [3.63, 3.8) is 0 Å². The maximum absolute atomic E-state index is 12.0. The van der Waals surface area contributed by atoms with E-state index in [9.17, 15) is 4.79 Å². The predicted octanol–water partition coefficient (Wildman–Crippen LogP) is 0.792. The molecule has 0 aromatic carbocycles. The normalized spacial score (nSPS) is 11.1. The number of rotatable bonds is 3. The van der Waals surface area contributed by atoms with Gasteiger partial charge in [-0.25, -0.2) is 0 Å². The minimum Gasteiger partial charge on any atom is -0.396 e. The van der Waals surface area contributed by atoms with E-state index in [1.807, 2.05) is 29.8 Å². The molecule has 0 spiro atoms. The summed E-state index contributed by atoms with van der Waals surface area (Å²) in [7, 11) is 0. The van der Waals surface area contributed by atoms with Gasteiger partial charge in [0.15, 0.2) is 0 Å². The fourth-order valence-corrected chi connectivity index (χ4v) is 1.76. The van der Waals surface area contributed by atoms with E-state index in [-0.39, 0.29) is 12.2 Å². The number of aromatic nitrogens is 2. The zero-order valence-electron chi connectivity index (χ0n) is 8.68. The Balaban J connectivity index is 2.57. The van der Waals surface area contributed by atoms with Crippen LogP contribution in [0.5, 0.6) is 0 Å². The number of hydrogen-bond donors (Lipinski definition) is 1. The molecule has 80 valence electrons. The third kappa shape index (κ3) is 1.68. The van der Waals surface area contributed by atoms with Crippen LogP contribution in [0.1, 0.15) is 12.1 Å². The van der Waals surface area contributed by atoms with E-state index in [0.29, 0.717) is 18.5 Å². The molecule has 2 aromatic heterocycles. The molecule has 0 unspecified atom stereocenters. The minimum atomic E-state index is 0.00782. The SMILES string of the molecule is Cc1cn2cccc2c(=O)n1CCCO. The van der Waals surface area contributed by atoms with Gasteiger partial charge in [-0.05, 0) is 25.5 Å². The number of aryl methyl sites for hydroxylation is 1. The molecule has 0 radical (unpaired) electrons. The van der Waals surface area contributed by atoms with Crippen LogP contribution >= 0.6 is 0 Å². The molecule has 15 heavy (non-hydrogen) atoms. The molecule has 0 saturated carbocycles. The van der Waals surface area contributed by atoms with Gasteiger partial charge in [-0.3, -0.25) is 4.79 Å². The standard InChI is InChI=1S/C11H14N2O2/c1-9-8-12-5-2-4-10(12)11(15)13(9)6-3-7-14/h2,4-5,8,14H,3,6-7H2,1H3. The first-order valence-corrected chi connectivity index (χ1v) is 5.02. The summed E-state index contributed by atoms with van der Waals surface area (Å²) in [5.41, 5.74) is 1.60. The fraction of sp³-hybridized carbons (Fsp3) is 0.364. The van der Waals surface area contributed by atoms with Gasteiger partial charge in [0.05, 0.1) is 0 Å². The second kappa shape index (κ2) is 3.90. The van der Waals surface area contributed by atoms with Gasteiger partial charge in [-0.15, -0.1) is 0 Å². The Bertz CT molecular complexity index is 525. The fourth-order valence-electron chi connectivity index (χ4n) is 1.76. The lowest BCUT2D eigenvalue weighted by Crippen LogP contribution is -2.24. The van der Waals surface area contributed by atoms with Crippen molar-refractivity contribution in [2.24, 2.45) is 0 Å². The summed E-state index contributed by atoms with van der Waals surface area (Å²) in [6.07, 6.45) is 4.39. The molecule has 4 nitrogen and oxygen atoms in total. The lowest BCUT2D eigenvalue weighted by Gasteiger charge is -2.09. The molecule has 0 atom stereocenters. The summed E-state index contributed by atoms with van der Waals surface area (Å²) in [6, 6.07) is 3.66. The third-order valence-corrected chi connectivity index (χ3v) is 2.53. The summed E-state index contributed by atoms with van der Waals surface area (Å²) >= 11 is 0. The molecule has 2 heterocycles. The maximum Gasteiger partial charge on any atom is 0.275 e. The molecular weight excluding hydrogens is 192 g/mol. The van der Waals surface area contributed by atoms with Gasteiger partial charge < -0.3 is 14.1 Å². The second-order valence-electron chi connectivity index (χ2n) is 3.61. The van der Waals surface area contributed by atoms with Gasteiger partial charge in [0.2, 0.25) is 0 Å². The lowest BCUT2D eigenvalue weighted by atomic mass is 10.3. The van der Waals surface area contributed by atoms with E-state index < -0.39 is 0 Å². The molecule has 4 heteroatoms. The van der Waals surface area contributed by atoms with E-state index in [2.05, 4.69) is 0 Å². The zero-order valence-corrected chi connectivity index (χ0v) is 8.68. The van der Waals surface area contributed by atoms with Gasteiger partial charge in [0, 0.05) is 31.2 Å². The van der Waals surface area contributed by atoms with Crippen LogP contribution in [0.25, 0.3) is 5.52 Å². The van der Waals surface area contributed by atoms with E-state index >= 15 is 0 Å². The van der Waals surface area contributed by atoms with Crippen LogP contribution in [0.3, 0.4) is 0 Å². The van der Waals surface area contributed by atoms with Crippen molar-refractivity contribution in [2.45, 2.75) is 19.9 Å². The number of aliphatic hydroxyl groups excluding tert-OH is 1. The largest absolute Gasteiger partial charge is 0.396 e. The van der Waals surface area contributed by atoms with Crippen LogP contribution in [0, 0.1) is 6.92 Å². The average Bonchev–Trinajstić information content (AvgIpc) is 2.65. The van der Waals surface area contributed by atoms with E-state index in [4.69, 9.17) is 5.11 Å². The highest BCUT2D eigenvalue weighted by Crippen LogP contribution is 2.02. The van der Waals surface area contributed by atoms with Crippen LogP contribution in [-0.2, 0) is 6.54 Å². The topological polar surface area (TPSA) is 46.6 Å². The van der Waals surface area contributed by atoms with Crippen molar-refractivity contribution < 1.29 is 5.11 Å². The first kappa shape index (κ1) is 9.98. The van der Waals surface area contributed by atoms with Crippen molar-refractivity contribution in [3.8, 4) is 0 Å². The molecule has 2 aromatic rings. The number of fused-ring (bicyclic) bond motifs is 1. The van der Waals surface area contributed by atoms with Crippen molar-refractivity contribution in [1.29, 1.82) is 0 Å². The smallest absolute Gasteiger partial charge is 0.275 e. The highest BCUT2D eigenvalue weighted by molar-refractivity contribution is 5.45. The summed E-state index contributed by atoms with van der Waals surface area (Å²) in [4.78, 5) is 12.0. The van der Waals surface area contributed by atoms with Crippen molar-refractivity contribution in [1.82, 2.24) is 8.97 Å². The molecule has 0 bridgehead atoms. The zero-order chi connectivity index (χ0) is 10.8. The summed E-state index contributed by atoms with van der Waals surface area (Å²) < 4.78 is 3.53. The van der Waals surface area contributed by atoms with Crippen molar-refractivity contribution in [3.05, 3.63) is 40.6 Å². The summed E-state index contributed by atoms with van der Waals surface area (Å²) in [5, 5.41) is 8.76. The van der Waals surface area contributed by atoms with Crippen molar-refractivity contribution >= 4 is 5.52 Å². The van der Waals surface area contributed by atoms with Crippen LogP contribution in [0.2, 0.25) is 0 Å². The van der Waals surface area contributed by atoms with E-state index in [1.54, 1.807) is 10.6 Å². The maximum atomic E-state index is 12.0. The Morgan fingerprint density at radius 2 is 2.27 bits per heavy atom. The molecular formula is C11H14N2O2. The van der Waals surface area contributed by atoms with Crippen LogP contribution in [-0.4, -0.2) is 20.7 Å². The monoisotopic (exact) mass is 206 g/mol. The van der Waals surface area contributed by atoms with E-state index in [1.165, 1.54) is 0 Å². The van der Waals surface area contributed by atoms with Crippen LogP contribution in [0.15, 0.2) is 29.3 Å². The Kier molecular flexibility index (Phi) is 2.60. The second-order valence-corrected chi connectivity index (χ2v) is 3.61. The summed E-state index contributed by atoms with van der Waals surface area (Å²) in [6.45, 7) is 2.58. The Labute approximate surface area is 87.4 Å². The van der Waals surface area contributed by atoms with Gasteiger partial charge in [-0.2, -0.15) is 0 Å². The predicted molar refractivity (Wildman–Crippen MR) is 58.1 cm³/mol. The van der Waals surface area contributed by atoms with Crippen molar-refractivity contribution in [2.75, 3.05) is 6.61 Å². The highest BCUT2D eigenvalue weighted by atomic mass is 16.3. The molecule has 1 N–H and O–H groups in total. The quantitative estimate of drug-likeness (QED) is 0.807. The molecule has 0 fully saturated rings. The Hall–Kier alpha value is -1.55. The van der Waals surface area contributed by atoms with E-state index in [0.717, 1.165) is 5.69 Å². The molecule has 2 rings (SSSR count).